The quantitative estimate of drug-likeness (QED) is 0.400. The number of nitrogens with zero attached hydrogens (tertiary/aromatic N) is 3. The first-order valence-electron chi connectivity index (χ1n) is 11.2. The van der Waals surface area contributed by atoms with Gasteiger partial charge >= 0.3 is 6.18 Å². The smallest absolute Gasteiger partial charge is 0.366 e. The molecule has 10 heteroatoms. The number of carbonyl (C=O) groups is 2. The molecule has 2 aromatic heterocycles. The van der Waals surface area contributed by atoms with Gasteiger partial charge in [0.15, 0.2) is 5.69 Å². The van der Waals surface area contributed by atoms with E-state index in [0.29, 0.717) is 5.92 Å². The highest BCUT2D eigenvalue weighted by Crippen LogP contribution is 2.42. The summed E-state index contributed by atoms with van der Waals surface area (Å²) < 4.78 is 44.0. The highest BCUT2D eigenvalue weighted by Gasteiger charge is 2.41. The Kier molecular flexibility index (Phi) is 6.30. The predicted octanol–water partition coefficient (Wildman–Crippen LogP) is 4.80. The van der Waals surface area contributed by atoms with Crippen molar-refractivity contribution in [2.45, 2.75) is 39.4 Å². The molecule has 7 nitrogen and oxygen atoms in total. The molecule has 0 aliphatic rings. The van der Waals surface area contributed by atoms with Gasteiger partial charge in [-0.05, 0) is 30.0 Å². The lowest BCUT2D eigenvalue weighted by Crippen LogP contribution is -2.21. The summed E-state index contributed by atoms with van der Waals surface area (Å²) >= 11 is 0. The summed E-state index contributed by atoms with van der Waals surface area (Å²) in [4.78, 5) is 29.1. The van der Waals surface area contributed by atoms with Crippen LogP contribution in [0, 0.1) is 6.92 Å². The van der Waals surface area contributed by atoms with Crippen molar-refractivity contribution in [2.75, 3.05) is 0 Å². The maximum absolute atomic E-state index is 14.3. The summed E-state index contributed by atoms with van der Waals surface area (Å²) in [6.45, 7) is 5.55. The second kappa shape index (κ2) is 9.10. The number of fused-ring (bicyclic) bond motifs is 1. The fourth-order valence-corrected chi connectivity index (χ4v) is 4.27. The summed E-state index contributed by atoms with van der Waals surface area (Å²) in [6, 6.07) is 13.7. The molecule has 0 radical (unpaired) electrons. The second-order valence-corrected chi connectivity index (χ2v) is 8.82. The molecule has 0 bridgehead atoms. The lowest BCUT2D eigenvalue weighted by Gasteiger charge is -2.16. The van der Waals surface area contributed by atoms with Gasteiger partial charge in [-0.25, -0.2) is 4.98 Å². The zero-order valence-corrected chi connectivity index (χ0v) is 19.8. The highest BCUT2D eigenvalue weighted by molar-refractivity contribution is 6.15. The summed E-state index contributed by atoms with van der Waals surface area (Å²) in [7, 11) is 0. The van der Waals surface area contributed by atoms with Crippen LogP contribution < -0.4 is 11.5 Å². The largest absolute Gasteiger partial charge is 0.435 e. The van der Waals surface area contributed by atoms with Crippen LogP contribution in [0.25, 0.3) is 22.0 Å². The minimum Gasteiger partial charge on any atom is -0.366 e. The number of para-hydroxylation sites is 1. The number of halogens is 3. The van der Waals surface area contributed by atoms with Crippen LogP contribution in [0.3, 0.4) is 0 Å². The van der Waals surface area contributed by atoms with E-state index in [0.717, 1.165) is 11.1 Å². The van der Waals surface area contributed by atoms with Crippen LogP contribution in [-0.2, 0) is 12.7 Å². The van der Waals surface area contributed by atoms with Crippen LogP contribution in [0.15, 0.2) is 48.5 Å². The predicted molar refractivity (Wildman–Crippen MR) is 129 cm³/mol. The van der Waals surface area contributed by atoms with Crippen LogP contribution in [-0.4, -0.2) is 26.6 Å². The minimum atomic E-state index is -4.90. The Morgan fingerprint density at radius 1 is 0.972 bits per heavy atom. The number of hydrogen-bond donors (Lipinski definition) is 2. The summed E-state index contributed by atoms with van der Waals surface area (Å²) in [5, 5.41) is 4.05. The number of nitrogens with two attached hydrogens (primary N) is 2. The number of aromatic nitrogens is 3. The van der Waals surface area contributed by atoms with Crippen LogP contribution in [0.2, 0.25) is 0 Å². The highest BCUT2D eigenvalue weighted by atomic mass is 19.4. The van der Waals surface area contributed by atoms with E-state index < -0.39 is 34.9 Å². The van der Waals surface area contributed by atoms with Crippen LogP contribution in [0.1, 0.15) is 63.1 Å². The van der Waals surface area contributed by atoms with Crippen molar-refractivity contribution >= 4 is 22.7 Å². The number of amides is 2. The molecule has 4 rings (SSSR count). The van der Waals surface area contributed by atoms with E-state index in [-0.39, 0.29) is 34.3 Å². The van der Waals surface area contributed by atoms with Crippen molar-refractivity contribution in [3.8, 4) is 11.1 Å². The van der Waals surface area contributed by atoms with Gasteiger partial charge in [0.25, 0.3) is 5.91 Å². The van der Waals surface area contributed by atoms with Crippen molar-refractivity contribution in [2.24, 2.45) is 11.5 Å². The van der Waals surface area contributed by atoms with Crippen molar-refractivity contribution in [1.29, 1.82) is 0 Å². The van der Waals surface area contributed by atoms with E-state index in [9.17, 15) is 22.8 Å². The lowest BCUT2D eigenvalue weighted by atomic mass is 9.92. The molecule has 2 amide bonds. The Morgan fingerprint density at radius 3 is 2.17 bits per heavy atom. The number of primary amides is 2. The standard InChI is InChI=1S/C26H24F3N5O2/c1-13(2)16-10-8-15(9-11-16)12-34-14(3)19(23(33-34)26(27,28)29)21-20(24(30)35)17-6-4-5-7-18(17)32-22(21)25(31)36/h4-11,13H,12H2,1-3H3,(H2,30,35)(H2,31,36). The molecule has 0 fully saturated rings. The number of alkyl halides is 3. The topological polar surface area (TPSA) is 117 Å². The summed E-state index contributed by atoms with van der Waals surface area (Å²) in [5.41, 5.74) is 10.4. The molecule has 0 atom stereocenters. The number of rotatable bonds is 6. The minimum absolute atomic E-state index is 0.0338. The molecule has 0 spiro atoms. The monoisotopic (exact) mass is 495 g/mol. The fraction of sp³-hybridized carbons (Fsp3) is 0.231. The van der Waals surface area contributed by atoms with Crippen LogP contribution >= 0.6 is 0 Å². The maximum Gasteiger partial charge on any atom is 0.435 e. The third-order valence-electron chi connectivity index (χ3n) is 6.08. The van der Waals surface area contributed by atoms with E-state index in [4.69, 9.17) is 11.5 Å². The molecule has 0 unspecified atom stereocenters. The first kappa shape index (κ1) is 24.9. The first-order valence-corrected chi connectivity index (χ1v) is 11.2. The van der Waals surface area contributed by atoms with Crippen LogP contribution in [0.5, 0.6) is 0 Å². The SMILES string of the molecule is Cc1c(-c2c(C(N)=O)nc3ccccc3c2C(N)=O)c(C(F)(F)F)nn1Cc1ccc(C(C)C)cc1. The van der Waals surface area contributed by atoms with Gasteiger partial charge in [-0.3, -0.25) is 14.3 Å². The molecule has 186 valence electrons. The van der Waals surface area contributed by atoms with Gasteiger partial charge in [0.1, 0.15) is 5.69 Å². The Hall–Kier alpha value is -4.21. The number of pyridine rings is 1. The number of hydrogen-bond acceptors (Lipinski definition) is 4. The third kappa shape index (κ3) is 4.41. The summed E-state index contributed by atoms with van der Waals surface area (Å²) in [6.07, 6.45) is -4.90. The van der Waals surface area contributed by atoms with Gasteiger partial charge in [-0.2, -0.15) is 18.3 Å². The molecule has 0 saturated heterocycles. The van der Waals surface area contributed by atoms with Crippen LogP contribution in [0.4, 0.5) is 13.2 Å². The van der Waals surface area contributed by atoms with E-state index in [1.807, 2.05) is 38.1 Å². The molecular formula is C26H24F3N5O2. The van der Waals surface area contributed by atoms with Gasteiger partial charge in [-0.15, -0.1) is 0 Å². The molecule has 2 aromatic carbocycles. The number of benzene rings is 2. The number of carbonyl (C=O) groups excluding carboxylic acids is 2. The van der Waals surface area contributed by atoms with Crippen molar-refractivity contribution in [3.05, 3.63) is 82.3 Å². The second-order valence-electron chi connectivity index (χ2n) is 8.82. The normalized spacial score (nSPS) is 11.9. The van der Waals surface area contributed by atoms with Gasteiger partial charge in [0.2, 0.25) is 5.91 Å². The molecule has 4 N–H and O–H groups in total. The fourth-order valence-electron chi connectivity index (χ4n) is 4.27. The molecule has 0 aliphatic carbocycles. The van der Waals surface area contributed by atoms with Gasteiger partial charge < -0.3 is 11.5 Å². The van der Waals surface area contributed by atoms with Crippen molar-refractivity contribution in [1.82, 2.24) is 14.8 Å². The van der Waals surface area contributed by atoms with Gasteiger partial charge in [0, 0.05) is 22.2 Å². The van der Waals surface area contributed by atoms with Crippen molar-refractivity contribution < 1.29 is 22.8 Å². The molecule has 36 heavy (non-hydrogen) atoms. The Morgan fingerprint density at radius 2 is 1.61 bits per heavy atom. The molecule has 4 aromatic rings. The summed E-state index contributed by atoms with van der Waals surface area (Å²) in [5.74, 6) is -1.81. The zero-order chi connectivity index (χ0) is 26.4. The molecule has 0 aliphatic heterocycles. The zero-order valence-electron chi connectivity index (χ0n) is 19.8. The molecule has 2 heterocycles. The van der Waals surface area contributed by atoms with E-state index in [1.54, 1.807) is 12.1 Å². The van der Waals surface area contributed by atoms with E-state index in [1.165, 1.54) is 23.7 Å². The Bertz CT molecular complexity index is 1490. The lowest BCUT2D eigenvalue weighted by molar-refractivity contribution is -0.141. The van der Waals surface area contributed by atoms with E-state index >= 15 is 0 Å². The Labute approximate surface area is 204 Å². The Balaban J connectivity index is 2.02. The van der Waals surface area contributed by atoms with Gasteiger partial charge in [-0.1, -0.05) is 56.3 Å². The molecular weight excluding hydrogens is 471 g/mol. The average Bonchev–Trinajstić information content (AvgIpc) is 3.14. The average molecular weight is 496 g/mol. The third-order valence-corrected chi connectivity index (χ3v) is 6.08. The maximum atomic E-state index is 14.3. The van der Waals surface area contributed by atoms with E-state index in [2.05, 4.69) is 10.1 Å². The molecule has 0 saturated carbocycles. The first-order chi connectivity index (χ1) is 16.9. The van der Waals surface area contributed by atoms with Gasteiger partial charge in [0.05, 0.1) is 17.6 Å². The van der Waals surface area contributed by atoms with Crippen molar-refractivity contribution in [3.63, 3.8) is 0 Å².